The van der Waals surface area contributed by atoms with Gasteiger partial charge >= 0.3 is 0 Å². The van der Waals surface area contributed by atoms with Gasteiger partial charge in [0.25, 0.3) is 0 Å². The van der Waals surface area contributed by atoms with Gasteiger partial charge in [-0.05, 0) is 83.6 Å². The highest BCUT2D eigenvalue weighted by Crippen LogP contribution is 2.24. The number of carbonyl (C=O) groups excluding carboxylic acids is 9. The Balaban J connectivity index is 1.62. The lowest BCUT2D eigenvalue weighted by Crippen LogP contribution is -2.55. The van der Waals surface area contributed by atoms with Crippen LogP contribution in [0.3, 0.4) is 0 Å². The van der Waals surface area contributed by atoms with E-state index < -0.39 is 84.2 Å². The molecule has 2 aliphatic rings. The minimum Gasteiger partial charge on any atom is -0.389 e. The van der Waals surface area contributed by atoms with E-state index in [9.17, 15) is 48.3 Å². The van der Waals surface area contributed by atoms with E-state index in [0.29, 0.717) is 38.5 Å². The number of likely N-dealkylation sites (tertiary alicyclic amines) is 1. The SMILES string of the molecule is CN(C)CCCC[C@@H]1NC(=O)CCC(=O)[C@H](CS)CNC(=O)C[C@@H](C(=O)N2CCC[C@H]2C(N)=O)NC(=O)[C@@H](CC(=O)CO)CCCCNC(=O)[C@H](Cc2c[nH]c3ccccc23)CC1=O. The van der Waals surface area contributed by atoms with Crippen molar-refractivity contribution in [2.45, 2.75) is 108 Å². The minimum absolute atomic E-state index is 0.0152. The fourth-order valence-corrected chi connectivity index (χ4v) is 8.67. The molecule has 0 saturated carbocycles. The number of hydrogen-bond acceptors (Lipinski definition) is 12. The Morgan fingerprint density at radius 2 is 1.62 bits per heavy atom. The van der Waals surface area contributed by atoms with Crippen LogP contribution in [0.1, 0.15) is 89.0 Å². The summed E-state index contributed by atoms with van der Waals surface area (Å²) in [5.41, 5.74) is 7.29. The van der Waals surface area contributed by atoms with Gasteiger partial charge in [0, 0.05) is 85.9 Å². The molecule has 18 nitrogen and oxygen atoms in total. The summed E-state index contributed by atoms with van der Waals surface area (Å²) in [4.78, 5) is 127. The van der Waals surface area contributed by atoms with E-state index in [1.54, 1.807) is 0 Å². The number of primary amides is 1. The molecule has 0 aliphatic carbocycles. The molecule has 2 aliphatic heterocycles. The molecule has 2 saturated heterocycles. The van der Waals surface area contributed by atoms with Crippen LogP contribution < -0.4 is 27.0 Å². The smallest absolute Gasteiger partial charge is 0.246 e. The zero-order chi connectivity index (χ0) is 46.8. The maximum atomic E-state index is 14.1. The molecule has 19 heteroatoms. The number of para-hydroxylation sites is 1. The highest BCUT2D eigenvalue weighted by atomic mass is 32.1. The van der Waals surface area contributed by atoms with Crippen LogP contribution >= 0.6 is 12.6 Å². The summed E-state index contributed by atoms with van der Waals surface area (Å²) in [5.74, 6) is -7.72. The van der Waals surface area contributed by atoms with Gasteiger partial charge in [-0.1, -0.05) is 24.6 Å². The summed E-state index contributed by atoms with van der Waals surface area (Å²) in [6.45, 7) is 0.0877. The number of nitrogens with zero attached hydrogens (tertiary/aromatic N) is 2. The predicted molar refractivity (Wildman–Crippen MR) is 242 cm³/mol. The molecule has 0 spiro atoms. The quantitative estimate of drug-likeness (QED) is 0.103. The van der Waals surface area contributed by atoms with E-state index in [0.717, 1.165) is 29.4 Å². The first-order valence-corrected chi connectivity index (χ1v) is 23.0. The number of nitrogens with two attached hydrogens (primary N) is 1. The van der Waals surface area contributed by atoms with Crippen LogP contribution in [0, 0.1) is 17.8 Å². The van der Waals surface area contributed by atoms with Crippen molar-refractivity contribution in [3.8, 4) is 0 Å². The second kappa shape index (κ2) is 26.0. The van der Waals surface area contributed by atoms with E-state index in [1.165, 1.54) is 4.90 Å². The summed E-state index contributed by atoms with van der Waals surface area (Å²) in [6.07, 6.45) is 3.78. The van der Waals surface area contributed by atoms with Gasteiger partial charge in [0.2, 0.25) is 35.4 Å². The number of aromatic nitrogens is 1. The molecule has 6 amide bonds. The topological polar surface area (TPSA) is 270 Å². The van der Waals surface area contributed by atoms with Gasteiger partial charge in [-0.3, -0.25) is 43.2 Å². The molecule has 0 bridgehead atoms. The molecule has 6 atom stereocenters. The van der Waals surface area contributed by atoms with Crippen LogP contribution in [0.2, 0.25) is 0 Å². The Morgan fingerprint density at radius 1 is 0.859 bits per heavy atom. The number of thiol groups is 1. The number of unbranched alkanes of at least 4 members (excludes halogenated alkanes) is 1. The number of hydrogen-bond donors (Lipinski definition) is 8. The first-order valence-electron chi connectivity index (χ1n) is 22.3. The lowest BCUT2D eigenvalue weighted by atomic mass is 9.89. The van der Waals surface area contributed by atoms with E-state index in [-0.39, 0.29) is 81.4 Å². The van der Waals surface area contributed by atoms with Crippen molar-refractivity contribution in [2.24, 2.45) is 23.5 Å². The molecule has 2 fully saturated rings. The number of aromatic amines is 1. The Morgan fingerprint density at radius 3 is 2.34 bits per heavy atom. The maximum absolute atomic E-state index is 14.1. The van der Waals surface area contributed by atoms with Crippen molar-refractivity contribution in [1.29, 1.82) is 0 Å². The third-order valence-corrected chi connectivity index (χ3v) is 12.5. The predicted octanol–water partition coefficient (Wildman–Crippen LogP) is 0.733. The highest BCUT2D eigenvalue weighted by molar-refractivity contribution is 7.80. The third kappa shape index (κ3) is 15.8. The van der Waals surface area contributed by atoms with Gasteiger partial charge in [-0.25, -0.2) is 0 Å². The number of nitrogens with one attached hydrogen (secondary N) is 5. The summed E-state index contributed by atoms with van der Waals surface area (Å²) in [7, 11) is 3.88. The molecular formula is C45H66N8O10S. The van der Waals surface area contributed by atoms with Crippen molar-refractivity contribution in [3.05, 3.63) is 36.0 Å². The van der Waals surface area contributed by atoms with Crippen molar-refractivity contribution in [2.75, 3.05) is 52.6 Å². The van der Waals surface area contributed by atoms with Gasteiger partial charge in [0.05, 0.1) is 12.5 Å². The van der Waals surface area contributed by atoms with E-state index >= 15 is 0 Å². The molecular weight excluding hydrogens is 845 g/mol. The monoisotopic (exact) mass is 910 g/mol. The molecule has 64 heavy (non-hydrogen) atoms. The van der Waals surface area contributed by atoms with Gasteiger partial charge in [0.1, 0.15) is 24.5 Å². The third-order valence-electron chi connectivity index (χ3n) is 12.0. The van der Waals surface area contributed by atoms with Crippen LogP contribution in [0.25, 0.3) is 10.9 Å². The van der Waals surface area contributed by atoms with Gasteiger partial charge in [0.15, 0.2) is 11.6 Å². The van der Waals surface area contributed by atoms with Crippen LogP contribution in [0.5, 0.6) is 0 Å². The lowest BCUT2D eigenvalue weighted by molar-refractivity contribution is -0.142. The summed E-state index contributed by atoms with van der Waals surface area (Å²) in [6, 6.07) is 4.29. The van der Waals surface area contributed by atoms with Crippen molar-refractivity contribution in [1.82, 2.24) is 36.1 Å². The molecule has 352 valence electrons. The largest absolute Gasteiger partial charge is 0.389 e. The zero-order valence-corrected chi connectivity index (χ0v) is 37.9. The van der Waals surface area contributed by atoms with E-state index in [2.05, 4.69) is 38.9 Å². The fourth-order valence-electron chi connectivity index (χ4n) is 8.33. The highest BCUT2D eigenvalue weighted by Gasteiger charge is 2.39. The molecule has 3 heterocycles. The minimum atomic E-state index is -1.47. The molecule has 8 N–H and O–H groups in total. The number of fused-ring (bicyclic) bond motifs is 1. The average Bonchev–Trinajstić information content (AvgIpc) is 3.93. The Labute approximate surface area is 379 Å². The summed E-state index contributed by atoms with van der Waals surface area (Å²) < 4.78 is 0. The Hall–Kier alpha value is -5.14. The Bertz CT molecular complexity index is 1970. The van der Waals surface area contributed by atoms with Crippen molar-refractivity contribution < 1.29 is 48.3 Å². The standard InChI is InChI=1S/C45H66N8O10S/c1-52(2)18-8-6-13-35-39(57)22-29(20-30-24-48-34-12-4-3-11-33(30)34)43(61)47-17-7-5-10-28(21-32(55)26-54)44(62)51-36(45(63)53-19-9-14-37(53)42(46)60)23-41(59)49-25-31(27-64)38(56)15-16-40(58)50-35/h3-4,11-12,24,28-29,31,35-37,48,54,64H,5-10,13-23,25-27H2,1-2H3,(H2,46,60)(H,47,61)(H,49,59)(H,50,58)(H,51,62)/t28-,29-,31+,35+,36+,37+/m1/s1. The number of aliphatic hydroxyl groups excluding tert-OH is 1. The van der Waals surface area contributed by atoms with Crippen LogP contribution in [-0.2, 0) is 49.6 Å². The first-order chi connectivity index (χ1) is 30.6. The first kappa shape index (κ1) is 51.5. The van der Waals surface area contributed by atoms with Gasteiger partial charge in [-0.15, -0.1) is 0 Å². The van der Waals surface area contributed by atoms with E-state index in [4.69, 9.17) is 5.73 Å². The zero-order valence-electron chi connectivity index (χ0n) is 37.0. The second-order valence-corrected chi connectivity index (χ2v) is 17.6. The molecule has 1 aromatic carbocycles. The molecule has 4 rings (SSSR count). The van der Waals surface area contributed by atoms with Gasteiger partial charge in [-0.2, -0.15) is 12.6 Å². The number of rotatable bonds is 13. The number of amides is 6. The summed E-state index contributed by atoms with van der Waals surface area (Å²) in [5, 5.41) is 21.5. The number of H-pyrrole nitrogens is 1. The molecule has 2 aromatic rings. The number of carbonyl (C=O) groups is 9. The number of aliphatic hydroxyl groups is 1. The lowest BCUT2D eigenvalue weighted by Gasteiger charge is -2.29. The molecule has 0 unspecified atom stereocenters. The average molecular weight is 911 g/mol. The number of ketones is 3. The fraction of sp³-hybridized carbons (Fsp3) is 0.622. The van der Waals surface area contributed by atoms with E-state index in [1.807, 2.05) is 49.5 Å². The molecule has 1 aromatic heterocycles. The second-order valence-electron chi connectivity index (χ2n) is 17.2. The van der Waals surface area contributed by atoms with Crippen molar-refractivity contribution in [3.63, 3.8) is 0 Å². The molecule has 0 radical (unpaired) electrons. The van der Waals surface area contributed by atoms with Crippen LogP contribution in [0.15, 0.2) is 30.5 Å². The van der Waals surface area contributed by atoms with Crippen molar-refractivity contribution >= 4 is 76.3 Å². The number of benzene rings is 1. The van der Waals surface area contributed by atoms with Crippen LogP contribution in [0.4, 0.5) is 0 Å². The van der Waals surface area contributed by atoms with Gasteiger partial charge < -0.3 is 46.9 Å². The number of Topliss-reactive ketones (excluding diaryl/α,β-unsaturated/α-hetero) is 3. The Kier molecular flexibility index (Phi) is 20.9. The maximum Gasteiger partial charge on any atom is 0.246 e. The van der Waals surface area contributed by atoms with Crippen LogP contribution in [-0.4, -0.2) is 143 Å². The summed E-state index contributed by atoms with van der Waals surface area (Å²) >= 11 is 4.31. The normalized spacial score (nSPS) is 24.4.